The largest absolute Gasteiger partial charge is 0.496 e. The fourth-order valence-corrected chi connectivity index (χ4v) is 2.00. The van der Waals surface area contributed by atoms with Crippen molar-refractivity contribution in [3.8, 4) is 11.5 Å². The van der Waals surface area contributed by atoms with Crippen LogP contribution in [0.4, 0.5) is 5.69 Å². The van der Waals surface area contributed by atoms with Gasteiger partial charge in [-0.05, 0) is 29.8 Å². The zero-order valence-corrected chi connectivity index (χ0v) is 13.5. The first-order chi connectivity index (χ1) is 12.0. The Kier molecular flexibility index (Phi) is 5.88. The highest BCUT2D eigenvalue weighted by molar-refractivity contribution is 5.82. The third-order valence-corrected chi connectivity index (χ3v) is 3.11. The van der Waals surface area contributed by atoms with Crippen molar-refractivity contribution >= 4 is 17.9 Å². The standard InChI is InChI=1S/C16H17N5O4/c1-24-15-6-5-11(9-19-20-16(17)18)7-12(15)10-25-14-4-2-3-13(8-14)21(22)23/h2-9H,10H2,1H3,(H4,17,18,20). The van der Waals surface area contributed by atoms with E-state index < -0.39 is 4.92 Å². The molecule has 0 unspecified atom stereocenters. The number of guanidine groups is 1. The van der Waals surface area contributed by atoms with Crippen LogP contribution >= 0.6 is 0 Å². The zero-order chi connectivity index (χ0) is 18.2. The van der Waals surface area contributed by atoms with Crippen LogP contribution < -0.4 is 20.9 Å². The molecule has 0 aromatic heterocycles. The van der Waals surface area contributed by atoms with Crippen molar-refractivity contribution in [3.63, 3.8) is 0 Å². The number of benzene rings is 2. The predicted molar refractivity (Wildman–Crippen MR) is 93.8 cm³/mol. The second kappa shape index (κ2) is 8.29. The topological polar surface area (TPSA) is 138 Å². The Morgan fingerprint density at radius 2 is 2.08 bits per heavy atom. The van der Waals surface area contributed by atoms with Crippen molar-refractivity contribution in [2.24, 2.45) is 21.7 Å². The van der Waals surface area contributed by atoms with Crippen LogP contribution in [0.15, 0.2) is 52.7 Å². The molecular weight excluding hydrogens is 326 g/mol. The van der Waals surface area contributed by atoms with Gasteiger partial charge in [0.05, 0.1) is 24.3 Å². The molecular formula is C16H17N5O4. The molecule has 0 fully saturated rings. The summed E-state index contributed by atoms with van der Waals surface area (Å²) in [4.78, 5) is 10.3. The van der Waals surface area contributed by atoms with Crippen LogP contribution in [0.25, 0.3) is 0 Å². The first-order valence-electron chi connectivity index (χ1n) is 7.15. The maximum absolute atomic E-state index is 10.8. The van der Waals surface area contributed by atoms with E-state index in [4.69, 9.17) is 20.9 Å². The molecule has 0 amide bonds. The number of hydrogen-bond donors (Lipinski definition) is 2. The molecule has 0 atom stereocenters. The average Bonchev–Trinajstić information content (AvgIpc) is 2.60. The summed E-state index contributed by atoms with van der Waals surface area (Å²) in [5.41, 5.74) is 11.8. The van der Waals surface area contributed by atoms with Gasteiger partial charge in [-0.3, -0.25) is 10.1 Å². The molecule has 0 radical (unpaired) electrons. The van der Waals surface area contributed by atoms with Crippen molar-refractivity contribution in [2.75, 3.05) is 7.11 Å². The maximum atomic E-state index is 10.8. The summed E-state index contributed by atoms with van der Waals surface area (Å²) in [5.74, 6) is 0.860. The molecule has 2 aromatic rings. The first kappa shape index (κ1) is 17.7. The molecule has 9 heteroatoms. The van der Waals surface area contributed by atoms with Crippen molar-refractivity contribution in [3.05, 3.63) is 63.7 Å². The summed E-state index contributed by atoms with van der Waals surface area (Å²) in [6.07, 6.45) is 1.48. The van der Waals surface area contributed by atoms with Crippen LogP contribution in [0.1, 0.15) is 11.1 Å². The normalized spacial score (nSPS) is 10.4. The Labute approximate surface area is 143 Å². The fourth-order valence-electron chi connectivity index (χ4n) is 2.00. The third kappa shape index (κ3) is 5.20. The smallest absolute Gasteiger partial charge is 0.273 e. The van der Waals surface area contributed by atoms with Gasteiger partial charge < -0.3 is 20.9 Å². The lowest BCUT2D eigenvalue weighted by molar-refractivity contribution is -0.384. The molecule has 0 aliphatic carbocycles. The predicted octanol–water partition coefficient (Wildman–Crippen LogP) is 1.79. The van der Waals surface area contributed by atoms with Crippen LogP contribution in [0.5, 0.6) is 11.5 Å². The lowest BCUT2D eigenvalue weighted by atomic mass is 10.1. The summed E-state index contributed by atoms with van der Waals surface area (Å²) < 4.78 is 10.9. The number of non-ortho nitro benzene ring substituents is 1. The van der Waals surface area contributed by atoms with Gasteiger partial charge in [-0.1, -0.05) is 6.07 Å². The molecule has 2 rings (SSSR count). The Hall–Kier alpha value is -3.62. The molecule has 0 aliphatic heterocycles. The van der Waals surface area contributed by atoms with E-state index in [0.29, 0.717) is 11.5 Å². The summed E-state index contributed by atoms with van der Waals surface area (Å²) in [7, 11) is 1.54. The Morgan fingerprint density at radius 3 is 2.76 bits per heavy atom. The monoisotopic (exact) mass is 343 g/mol. The van der Waals surface area contributed by atoms with Gasteiger partial charge in [0.25, 0.3) is 5.69 Å². The minimum atomic E-state index is -0.478. The molecule has 9 nitrogen and oxygen atoms in total. The molecule has 130 valence electrons. The molecule has 2 aromatic carbocycles. The minimum Gasteiger partial charge on any atom is -0.496 e. The Balaban J connectivity index is 2.17. The van der Waals surface area contributed by atoms with E-state index in [-0.39, 0.29) is 18.3 Å². The maximum Gasteiger partial charge on any atom is 0.273 e. The second-order valence-electron chi connectivity index (χ2n) is 4.88. The van der Waals surface area contributed by atoms with Crippen molar-refractivity contribution in [1.29, 1.82) is 0 Å². The molecule has 0 saturated carbocycles. The molecule has 25 heavy (non-hydrogen) atoms. The quantitative estimate of drug-likeness (QED) is 0.340. The number of nitrogens with zero attached hydrogens (tertiary/aromatic N) is 3. The second-order valence-corrected chi connectivity index (χ2v) is 4.88. The van der Waals surface area contributed by atoms with Gasteiger partial charge in [0.1, 0.15) is 18.1 Å². The summed E-state index contributed by atoms with van der Waals surface area (Å²) >= 11 is 0. The van der Waals surface area contributed by atoms with Gasteiger partial charge >= 0.3 is 0 Å². The van der Waals surface area contributed by atoms with E-state index in [2.05, 4.69) is 10.2 Å². The van der Waals surface area contributed by atoms with Crippen molar-refractivity contribution in [2.45, 2.75) is 6.61 Å². The number of nitro groups is 1. The lowest BCUT2D eigenvalue weighted by Crippen LogP contribution is -2.21. The van der Waals surface area contributed by atoms with Crippen LogP contribution in [0.2, 0.25) is 0 Å². The molecule has 0 spiro atoms. The van der Waals surface area contributed by atoms with Gasteiger partial charge in [-0.2, -0.15) is 5.10 Å². The van der Waals surface area contributed by atoms with Gasteiger partial charge in [0.15, 0.2) is 0 Å². The van der Waals surface area contributed by atoms with Crippen LogP contribution in [-0.2, 0) is 6.61 Å². The number of methoxy groups -OCH3 is 1. The van der Waals surface area contributed by atoms with E-state index >= 15 is 0 Å². The molecule has 4 N–H and O–H groups in total. The highest BCUT2D eigenvalue weighted by Crippen LogP contribution is 2.24. The number of nitrogens with two attached hydrogens (primary N) is 2. The van der Waals surface area contributed by atoms with E-state index in [1.165, 1.54) is 18.3 Å². The molecule has 0 heterocycles. The van der Waals surface area contributed by atoms with Crippen LogP contribution in [0.3, 0.4) is 0 Å². The Bertz CT molecular complexity index is 816. The van der Waals surface area contributed by atoms with Gasteiger partial charge in [-0.25, -0.2) is 0 Å². The minimum absolute atomic E-state index is 0.0393. The Morgan fingerprint density at radius 1 is 1.28 bits per heavy atom. The third-order valence-electron chi connectivity index (χ3n) is 3.11. The van der Waals surface area contributed by atoms with Crippen molar-refractivity contribution in [1.82, 2.24) is 0 Å². The molecule has 0 bridgehead atoms. The number of hydrogen-bond acceptors (Lipinski definition) is 6. The molecule has 0 saturated heterocycles. The SMILES string of the molecule is COc1ccc(C=NN=C(N)N)cc1COc1cccc([N+](=O)[O-])c1. The molecule has 0 aliphatic rings. The number of nitro benzene ring substituents is 1. The van der Waals surface area contributed by atoms with E-state index in [1.807, 2.05) is 0 Å². The van der Waals surface area contributed by atoms with E-state index in [1.54, 1.807) is 37.4 Å². The fraction of sp³-hybridized carbons (Fsp3) is 0.125. The lowest BCUT2D eigenvalue weighted by Gasteiger charge is -2.11. The summed E-state index contributed by atoms with van der Waals surface area (Å²) in [6.45, 7) is 0.161. The van der Waals surface area contributed by atoms with E-state index in [9.17, 15) is 10.1 Å². The number of rotatable bonds is 7. The summed E-state index contributed by atoms with van der Waals surface area (Å²) in [6, 6.07) is 11.3. The highest BCUT2D eigenvalue weighted by atomic mass is 16.6. The van der Waals surface area contributed by atoms with Gasteiger partial charge in [-0.15, -0.1) is 5.10 Å². The van der Waals surface area contributed by atoms with Crippen molar-refractivity contribution < 1.29 is 14.4 Å². The first-order valence-corrected chi connectivity index (χ1v) is 7.15. The van der Waals surface area contributed by atoms with Gasteiger partial charge in [0, 0.05) is 11.6 Å². The summed E-state index contributed by atoms with van der Waals surface area (Å²) in [5, 5.41) is 18.1. The number of ether oxygens (including phenoxy) is 2. The van der Waals surface area contributed by atoms with E-state index in [0.717, 1.165) is 11.1 Å². The van der Waals surface area contributed by atoms with Gasteiger partial charge in [0.2, 0.25) is 5.96 Å². The van der Waals surface area contributed by atoms with Crippen LogP contribution in [-0.4, -0.2) is 24.2 Å². The highest BCUT2D eigenvalue weighted by Gasteiger charge is 2.09. The average molecular weight is 343 g/mol. The van der Waals surface area contributed by atoms with Crippen LogP contribution in [0, 0.1) is 10.1 Å². The zero-order valence-electron chi connectivity index (χ0n) is 13.5.